The Morgan fingerprint density at radius 1 is 1.19 bits per heavy atom. The number of fused-ring (bicyclic) bond motifs is 3. The van der Waals surface area contributed by atoms with Gasteiger partial charge >= 0.3 is 0 Å². The number of hydrogen-bond acceptors (Lipinski definition) is 8. The highest BCUT2D eigenvalue weighted by Gasteiger charge is 2.26. The van der Waals surface area contributed by atoms with E-state index in [4.69, 9.17) is 0 Å². The third-order valence-electron chi connectivity index (χ3n) is 4.79. The molecule has 0 spiro atoms. The number of amides is 1. The number of rotatable bonds is 5. The largest absolute Gasteiger partial charge is 0.299 e. The Hall–Kier alpha value is -2.20. The van der Waals surface area contributed by atoms with Gasteiger partial charge in [-0.3, -0.25) is 14.9 Å². The van der Waals surface area contributed by atoms with E-state index in [0.717, 1.165) is 42.7 Å². The van der Waals surface area contributed by atoms with E-state index in [0.29, 0.717) is 21.8 Å². The van der Waals surface area contributed by atoms with Crippen molar-refractivity contribution in [3.8, 4) is 0 Å². The summed E-state index contributed by atoms with van der Waals surface area (Å²) in [5.41, 5.74) is 0.870. The first-order chi connectivity index (χ1) is 13.1. The molecule has 3 heterocycles. The van der Waals surface area contributed by atoms with E-state index in [9.17, 15) is 9.59 Å². The molecule has 4 rings (SSSR count). The lowest BCUT2D eigenvalue weighted by atomic mass is 9.97. The zero-order chi connectivity index (χ0) is 19.0. The second kappa shape index (κ2) is 7.43. The van der Waals surface area contributed by atoms with Crippen molar-refractivity contribution in [1.29, 1.82) is 0 Å². The second-order valence-electron chi connectivity index (χ2n) is 6.50. The van der Waals surface area contributed by atoms with Crippen molar-refractivity contribution in [3.63, 3.8) is 0 Å². The quantitative estimate of drug-likeness (QED) is 0.701. The number of aromatic nitrogens is 5. The molecule has 1 aliphatic rings. The minimum absolute atomic E-state index is 0.229. The van der Waals surface area contributed by atoms with Crippen LogP contribution in [-0.4, -0.2) is 31.1 Å². The highest BCUT2D eigenvalue weighted by molar-refractivity contribution is 7.18. The van der Waals surface area contributed by atoms with E-state index in [1.807, 2.05) is 13.8 Å². The monoisotopic (exact) mass is 404 g/mol. The van der Waals surface area contributed by atoms with Gasteiger partial charge in [0.05, 0.1) is 5.39 Å². The number of hydrogen-bond donors (Lipinski definition) is 1. The van der Waals surface area contributed by atoms with Gasteiger partial charge in [0.1, 0.15) is 11.0 Å². The normalized spacial score (nSPS) is 14.9. The van der Waals surface area contributed by atoms with Gasteiger partial charge in [-0.05, 0) is 44.1 Å². The molecule has 1 N–H and O–H groups in total. The zero-order valence-electron chi connectivity index (χ0n) is 15.2. The van der Waals surface area contributed by atoms with Crippen LogP contribution in [0.5, 0.6) is 0 Å². The molecule has 0 radical (unpaired) electrons. The highest BCUT2D eigenvalue weighted by Crippen LogP contribution is 2.33. The van der Waals surface area contributed by atoms with Crippen molar-refractivity contribution in [1.82, 2.24) is 25.2 Å². The molecule has 1 aliphatic carbocycles. The lowest BCUT2D eigenvalue weighted by Crippen LogP contribution is -2.35. The molecular formula is C17H20N6O2S2. The van der Waals surface area contributed by atoms with Gasteiger partial charge in [-0.15, -0.1) is 26.6 Å². The van der Waals surface area contributed by atoms with Gasteiger partial charge in [0, 0.05) is 4.88 Å². The van der Waals surface area contributed by atoms with Gasteiger partial charge < -0.3 is 0 Å². The lowest BCUT2D eigenvalue weighted by molar-refractivity contribution is -0.119. The molecule has 1 amide bonds. The molecule has 10 heteroatoms. The molecule has 27 heavy (non-hydrogen) atoms. The average Bonchev–Trinajstić information content (AvgIpc) is 3.28. The van der Waals surface area contributed by atoms with Crippen LogP contribution >= 0.6 is 22.7 Å². The highest BCUT2D eigenvalue weighted by atomic mass is 32.1. The molecule has 0 saturated carbocycles. The van der Waals surface area contributed by atoms with Gasteiger partial charge in [0.25, 0.3) is 11.5 Å². The molecule has 142 valence electrons. The smallest absolute Gasteiger partial charge is 0.279 e. The van der Waals surface area contributed by atoms with Gasteiger partial charge in [-0.25, -0.2) is 0 Å². The number of nitrogens with zero attached hydrogens (tertiary/aromatic N) is 5. The molecule has 0 saturated heterocycles. The van der Waals surface area contributed by atoms with Gasteiger partial charge in [0.15, 0.2) is 4.83 Å². The fourth-order valence-electron chi connectivity index (χ4n) is 3.40. The SMILES string of the molecule is CCc1nnc(NC(=O)C(CC)n2nnc3sc4c(c3c2=O)CCCC4)s1. The summed E-state index contributed by atoms with van der Waals surface area (Å²) >= 11 is 2.89. The number of nitrogens with one attached hydrogen (secondary N) is 1. The maximum absolute atomic E-state index is 13.1. The number of carbonyl (C=O) groups excluding carboxylic acids is 1. The Kier molecular flexibility index (Phi) is 5.00. The number of thiophene rings is 1. The third kappa shape index (κ3) is 3.27. The topological polar surface area (TPSA) is 103 Å². The molecule has 0 aromatic carbocycles. The van der Waals surface area contributed by atoms with Crippen molar-refractivity contribution >= 4 is 43.9 Å². The summed E-state index contributed by atoms with van der Waals surface area (Å²) in [5, 5.41) is 21.0. The third-order valence-corrected chi connectivity index (χ3v) is 6.95. The van der Waals surface area contributed by atoms with Crippen LogP contribution in [0.25, 0.3) is 10.2 Å². The summed E-state index contributed by atoms with van der Waals surface area (Å²) in [4.78, 5) is 27.8. The Morgan fingerprint density at radius 3 is 2.74 bits per heavy atom. The predicted octanol–water partition coefficient (Wildman–Crippen LogP) is 2.74. The fourth-order valence-corrected chi connectivity index (χ4v) is 5.27. The summed E-state index contributed by atoms with van der Waals surface area (Å²) in [7, 11) is 0. The van der Waals surface area contributed by atoms with Gasteiger partial charge in [0.2, 0.25) is 5.13 Å². The molecule has 3 aromatic heterocycles. The minimum atomic E-state index is -0.734. The van der Waals surface area contributed by atoms with E-state index < -0.39 is 6.04 Å². The van der Waals surface area contributed by atoms with Crippen LogP contribution in [0, 0.1) is 0 Å². The van der Waals surface area contributed by atoms with Crippen molar-refractivity contribution in [2.75, 3.05) is 5.32 Å². The Balaban J connectivity index is 1.69. The minimum Gasteiger partial charge on any atom is -0.299 e. The summed E-state index contributed by atoms with van der Waals surface area (Å²) < 4.78 is 1.22. The fraction of sp³-hybridized carbons (Fsp3) is 0.529. The molecule has 3 aromatic rings. The maximum Gasteiger partial charge on any atom is 0.279 e. The first kappa shape index (κ1) is 18.2. The Labute approximate surface area is 163 Å². The van der Waals surface area contributed by atoms with Crippen LogP contribution in [0.2, 0.25) is 0 Å². The van der Waals surface area contributed by atoms with Crippen LogP contribution in [0.3, 0.4) is 0 Å². The molecule has 1 unspecified atom stereocenters. The van der Waals surface area contributed by atoms with Crippen LogP contribution in [-0.2, 0) is 24.1 Å². The van der Waals surface area contributed by atoms with Gasteiger partial charge in [-0.1, -0.05) is 30.4 Å². The van der Waals surface area contributed by atoms with Crippen molar-refractivity contribution in [2.45, 2.75) is 58.4 Å². The molecule has 0 fully saturated rings. The molecule has 1 atom stereocenters. The molecule has 0 aliphatic heterocycles. The molecule has 8 nitrogen and oxygen atoms in total. The van der Waals surface area contributed by atoms with Crippen molar-refractivity contribution < 1.29 is 4.79 Å². The van der Waals surface area contributed by atoms with Crippen molar-refractivity contribution in [2.24, 2.45) is 0 Å². The first-order valence-corrected chi connectivity index (χ1v) is 10.8. The van der Waals surface area contributed by atoms with Crippen molar-refractivity contribution in [3.05, 3.63) is 25.8 Å². The number of aryl methyl sites for hydroxylation is 3. The Morgan fingerprint density at radius 2 is 2.00 bits per heavy atom. The van der Waals surface area contributed by atoms with Crippen LogP contribution in [0.1, 0.15) is 54.6 Å². The summed E-state index contributed by atoms with van der Waals surface area (Å²) in [6.07, 6.45) is 5.29. The summed E-state index contributed by atoms with van der Waals surface area (Å²) in [5.74, 6) is -0.323. The Bertz CT molecular complexity index is 1050. The number of carbonyl (C=O) groups is 1. The number of anilines is 1. The lowest BCUT2D eigenvalue weighted by Gasteiger charge is -2.15. The zero-order valence-corrected chi connectivity index (χ0v) is 16.8. The summed E-state index contributed by atoms with van der Waals surface area (Å²) in [6, 6.07) is -0.734. The van der Waals surface area contributed by atoms with Gasteiger partial charge in [-0.2, -0.15) is 4.68 Å². The van der Waals surface area contributed by atoms with E-state index in [1.54, 1.807) is 11.3 Å². The van der Waals surface area contributed by atoms with E-state index in [2.05, 4.69) is 25.8 Å². The van der Waals surface area contributed by atoms with Crippen LogP contribution in [0.15, 0.2) is 4.79 Å². The predicted molar refractivity (Wildman–Crippen MR) is 106 cm³/mol. The van der Waals surface area contributed by atoms with Crippen LogP contribution in [0.4, 0.5) is 5.13 Å². The molecular weight excluding hydrogens is 384 g/mol. The molecule has 0 bridgehead atoms. The van der Waals surface area contributed by atoms with E-state index >= 15 is 0 Å². The van der Waals surface area contributed by atoms with E-state index in [-0.39, 0.29) is 11.5 Å². The average molecular weight is 405 g/mol. The first-order valence-electron chi connectivity index (χ1n) is 9.15. The van der Waals surface area contributed by atoms with E-state index in [1.165, 1.54) is 20.9 Å². The summed E-state index contributed by atoms with van der Waals surface area (Å²) in [6.45, 7) is 3.83. The second-order valence-corrected chi connectivity index (χ2v) is 8.64. The maximum atomic E-state index is 13.1. The van der Waals surface area contributed by atoms with Crippen LogP contribution < -0.4 is 10.9 Å². The standard InChI is InChI=1S/C17H20N6O2S2/c1-3-10(14(24)18-17-21-19-12(4-2)27-17)23-16(25)13-9-7-5-6-8-11(9)26-15(13)20-22-23/h10H,3-8H2,1-2H3,(H,18,21,24).